The Bertz CT molecular complexity index is 761. The number of fused-ring (bicyclic) bond motifs is 1. The second kappa shape index (κ2) is 5.08. The highest BCUT2D eigenvalue weighted by Gasteiger charge is 2.28. The van der Waals surface area contributed by atoms with E-state index in [-0.39, 0.29) is 35.9 Å². The Morgan fingerprint density at radius 2 is 2.05 bits per heavy atom. The van der Waals surface area contributed by atoms with Gasteiger partial charge in [0.1, 0.15) is 0 Å². The maximum Gasteiger partial charge on any atom is 0.323 e. The molecule has 3 rings (SSSR count). The van der Waals surface area contributed by atoms with E-state index in [0.29, 0.717) is 12.1 Å². The summed E-state index contributed by atoms with van der Waals surface area (Å²) in [5, 5.41) is 5.54. The average molecular weight is 288 g/mol. The van der Waals surface area contributed by atoms with Crippen molar-refractivity contribution in [2.24, 2.45) is 5.92 Å². The Labute approximate surface area is 120 Å². The summed E-state index contributed by atoms with van der Waals surface area (Å²) in [6, 6.07) is 5.29. The first-order valence-electron chi connectivity index (χ1n) is 6.82. The molecular formula is C14H16N4O3. The van der Waals surface area contributed by atoms with Crippen molar-refractivity contribution in [2.75, 3.05) is 6.54 Å². The van der Waals surface area contributed by atoms with Crippen LogP contribution in [-0.4, -0.2) is 28.3 Å². The van der Waals surface area contributed by atoms with Crippen molar-refractivity contribution in [3.05, 3.63) is 34.2 Å². The van der Waals surface area contributed by atoms with E-state index in [1.165, 1.54) is 0 Å². The van der Waals surface area contributed by atoms with Crippen molar-refractivity contribution in [1.82, 2.24) is 20.6 Å². The van der Waals surface area contributed by atoms with Gasteiger partial charge in [0, 0.05) is 13.0 Å². The molecule has 1 aromatic carbocycles. The standard InChI is InChI=1S/C14H16N4O3/c1-7(16-13(20)9-5-12(19)15-6-9)8-2-3-10-11(4-8)18-14(21)17-10/h2-4,7,9H,5-6H2,1H3,(H,15,19)(H,16,20)(H2,17,18,21). The largest absolute Gasteiger partial charge is 0.355 e. The molecule has 0 aliphatic carbocycles. The van der Waals surface area contributed by atoms with Crippen molar-refractivity contribution >= 4 is 22.8 Å². The van der Waals surface area contributed by atoms with Crippen LogP contribution in [0.5, 0.6) is 0 Å². The van der Waals surface area contributed by atoms with Crippen LogP contribution in [0.25, 0.3) is 11.0 Å². The number of aromatic amines is 2. The van der Waals surface area contributed by atoms with Gasteiger partial charge in [0.05, 0.1) is 23.0 Å². The summed E-state index contributed by atoms with van der Waals surface area (Å²) in [5.74, 6) is -0.534. The number of imidazole rings is 1. The molecule has 0 radical (unpaired) electrons. The van der Waals surface area contributed by atoms with E-state index in [0.717, 1.165) is 11.1 Å². The van der Waals surface area contributed by atoms with E-state index in [1.54, 1.807) is 6.07 Å². The summed E-state index contributed by atoms with van der Waals surface area (Å²) in [6.45, 7) is 2.26. The average Bonchev–Trinajstić information content (AvgIpc) is 3.02. The summed E-state index contributed by atoms with van der Waals surface area (Å²) < 4.78 is 0. The van der Waals surface area contributed by atoms with Crippen LogP contribution in [0, 0.1) is 5.92 Å². The van der Waals surface area contributed by atoms with Gasteiger partial charge in [-0.2, -0.15) is 0 Å². The van der Waals surface area contributed by atoms with Crippen LogP contribution in [-0.2, 0) is 9.59 Å². The lowest BCUT2D eigenvalue weighted by Gasteiger charge is -2.16. The van der Waals surface area contributed by atoms with Crippen LogP contribution in [0.3, 0.4) is 0 Å². The maximum atomic E-state index is 12.1. The Morgan fingerprint density at radius 1 is 1.29 bits per heavy atom. The van der Waals surface area contributed by atoms with Gasteiger partial charge in [0.25, 0.3) is 0 Å². The molecule has 4 N–H and O–H groups in total. The highest BCUT2D eigenvalue weighted by molar-refractivity contribution is 5.89. The Balaban J connectivity index is 1.74. The number of aromatic nitrogens is 2. The Kier molecular flexibility index (Phi) is 3.25. The van der Waals surface area contributed by atoms with Gasteiger partial charge in [-0.05, 0) is 24.6 Å². The summed E-state index contributed by atoms with van der Waals surface area (Å²) >= 11 is 0. The van der Waals surface area contributed by atoms with E-state index in [1.807, 2.05) is 19.1 Å². The molecule has 2 atom stereocenters. The predicted octanol–water partition coefficient (Wildman–Crippen LogP) is 0.169. The van der Waals surface area contributed by atoms with E-state index in [2.05, 4.69) is 20.6 Å². The zero-order chi connectivity index (χ0) is 15.0. The molecule has 21 heavy (non-hydrogen) atoms. The molecule has 1 aliphatic heterocycles. The number of rotatable bonds is 3. The molecule has 1 saturated heterocycles. The zero-order valence-electron chi connectivity index (χ0n) is 11.5. The molecule has 1 fully saturated rings. The smallest absolute Gasteiger partial charge is 0.323 e. The fraction of sp³-hybridized carbons (Fsp3) is 0.357. The molecule has 1 aromatic heterocycles. The summed E-state index contributed by atoms with van der Waals surface area (Å²) in [5.41, 5.74) is 2.07. The normalized spacial score (nSPS) is 19.5. The molecule has 0 bridgehead atoms. The third kappa shape index (κ3) is 2.67. The molecule has 0 spiro atoms. The summed E-state index contributed by atoms with van der Waals surface area (Å²) in [4.78, 5) is 39.8. The number of benzene rings is 1. The zero-order valence-corrected chi connectivity index (χ0v) is 11.5. The molecule has 1 aliphatic rings. The molecule has 0 saturated carbocycles. The number of hydrogen-bond donors (Lipinski definition) is 4. The van der Waals surface area contributed by atoms with Gasteiger partial charge in [-0.3, -0.25) is 9.59 Å². The van der Waals surface area contributed by atoms with Crippen molar-refractivity contribution in [2.45, 2.75) is 19.4 Å². The highest BCUT2D eigenvalue weighted by Crippen LogP contribution is 2.18. The van der Waals surface area contributed by atoms with Gasteiger partial charge in [-0.1, -0.05) is 6.07 Å². The van der Waals surface area contributed by atoms with Crippen LogP contribution >= 0.6 is 0 Å². The highest BCUT2D eigenvalue weighted by atomic mass is 16.2. The van der Waals surface area contributed by atoms with Crippen molar-refractivity contribution in [3.63, 3.8) is 0 Å². The maximum absolute atomic E-state index is 12.1. The van der Waals surface area contributed by atoms with Crippen LogP contribution in [0.15, 0.2) is 23.0 Å². The van der Waals surface area contributed by atoms with E-state index in [9.17, 15) is 14.4 Å². The second-order valence-electron chi connectivity index (χ2n) is 5.32. The quantitative estimate of drug-likeness (QED) is 0.646. The number of H-pyrrole nitrogens is 2. The fourth-order valence-corrected chi connectivity index (χ4v) is 2.52. The Morgan fingerprint density at radius 3 is 2.76 bits per heavy atom. The number of amides is 2. The molecule has 2 heterocycles. The van der Waals surface area contributed by atoms with E-state index < -0.39 is 0 Å². The number of hydrogen-bond acceptors (Lipinski definition) is 3. The van der Waals surface area contributed by atoms with E-state index in [4.69, 9.17) is 0 Å². The fourth-order valence-electron chi connectivity index (χ4n) is 2.52. The van der Waals surface area contributed by atoms with Gasteiger partial charge in [0.15, 0.2) is 0 Å². The lowest BCUT2D eigenvalue weighted by Crippen LogP contribution is -2.33. The summed E-state index contributed by atoms with van der Waals surface area (Å²) in [7, 11) is 0. The van der Waals surface area contributed by atoms with Gasteiger partial charge in [-0.15, -0.1) is 0 Å². The summed E-state index contributed by atoms with van der Waals surface area (Å²) in [6.07, 6.45) is 0.239. The van der Waals surface area contributed by atoms with Crippen molar-refractivity contribution in [3.8, 4) is 0 Å². The number of carbonyl (C=O) groups excluding carboxylic acids is 2. The molecule has 2 aromatic rings. The van der Waals surface area contributed by atoms with Crippen molar-refractivity contribution in [1.29, 1.82) is 0 Å². The lowest BCUT2D eigenvalue weighted by molar-refractivity contribution is -0.127. The van der Waals surface area contributed by atoms with Gasteiger partial charge >= 0.3 is 5.69 Å². The van der Waals surface area contributed by atoms with Gasteiger partial charge < -0.3 is 20.6 Å². The number of carbonyl (C=O) groups is 2. The van der Waals surface area contributed by atoms with Crippen LogP contribution in [0.4, 0.5) is 0 Å². The lowest BCUT2D eigenvalue weighted by atomic mass is 10.0. The minimum atomic E-state index is -0.309. The SMILES string of the molecule is CC(NC(=O)C1CNC(=O)C1)c1ccc2[nH]c(=O)[nH]c2c1. The van der Waals surface area contributed by atoms with Crippen LogP contribution < -0.4 is 16.3 Å². The van der Waals surface area contributed by atoms with E-state index >= 15 is 0 Å². The first-order chi connectivity index (χ1) is 10.0. The first kappa shape index (κ1) is 13.4. The van der Waals surface area contributed by atoms with Gasteiger partial charge in [0.2, 0.25) is 11.8 Å². The molecule has 7 nitrogen and oxygen atoms in total. The van der Waals surface area contributed by atoms with Gasteiger partial charge in [-0.25, -0.2) is 4.79 Å². The molecule has 110 valence electrons. The molecular weight excluding hydrogens is 272 g/mol. The molecule has 7 heteroatoms. The molecule has 2 amide bonds. The Hall–Kier alpha value is -2.57. The third-order valence-corrected chi connectivity index (χ3v) is 3.75. The van der Waals surface area contributed by atoms with Crippen LogP contribution in [0.1, 0.15) is 24.9 Å². The molecule has 2 unspecified atom stereocenters. The third-order valence-electron chi connectivity index (χ3n) is 3.75. The second-order valence-corrected chi connectivity index (χ2v) is 5.32. The monoisotopic (exact) mass is 288 g/mol. The number of nitrogens with one attached hydrogen (secondary N) is 4. The topological polar surface area (TPSA) is 107 Å². The predicted molar refractivity (Wildman–Crippen MR) is 76.6 cm³/mol. The van der Waals surface area contributed by atoms with Crippen LogP contribution in [0.2, 0.25) is 0 Å². The minimum Gasteiger partial charge on any atom is -0.355 e. The first-order valence-corrected chi connectivity index (χ1v) is 6.82. The van der Waals surface area contributed by atoms with Crippen molar-refractivity contribution < 1.29 is 9.59 Å². The minimum absolute atomic E-state index is 0.0888.